The Balaban J connectivity index is 1.33. The van der Waals surface area contributed by atoms with Gasteiger partial charge in [0.1, 0.15) is 42.9 Å². The van der Waals surface area contributed by atoms with Gasteiger partial charge in [-0.3, -0.25) is 0 Å². The Morgan fingerprint density at radius 1 is 0.543 bits per heavy atom. The molecule has 0 aliphatic heterocycles. The molecular weight excluding hydrogens is 487 g/mol. The van der Waals surface area contributed by atoms with Crippen molar-refractivity contribution in [3.8, 4) is 0 Å². The van der Waals surface area contributed by atoms with E-state index in [-0.39, 0.29) is 18.3 Å². The third kappa shape index (κ3) is 6.08. The second-order valence-corrected chi connectivity index (χ2v) is 11.3. The van der Waals surface area contributed by atoms with Crippen molar-refractivity contribution in [3.63, 3.8) is 0 Å². The van der Waals surface area contributed by atoms with Crippen LogP contribution in [-0.2, 0) is 4.74 Å². The van der Waals surface area contributed by atoms with Gasteiger partial charge in [-0.05, 0) is 75.0 Å². The molecule has 204 valence electrons. The lowest BCUT2D eigenvalue weighted by atomic mass is 9.64. The fourth-order valence-electron chi connectivity index (χ4n) is 7.17. The van der Waals surface area contributed by atoms with E-state index in [1.165, 1.54) is 0 Å². The van der Waals surface area contributed by atoms with Gasteiger partial charge in [-0.1, -0.05) is 6.42 Å². The van der Waals surface area contributed by atoms with Crippen molar-refractivity contribution < 1.29 is 44.3 Å². The zero-order valence-corrected chi connectivity index (χ0v) is 19.6. The molecule has 4 aliphatic rings. The van der Waals surface area contributed by atoms with Crippen LogP contribution in [0.1, 0.15) is 70.6 Å². The molecule has 0 saturated heterocycles. The van der Waals surface area contributed by atoms with Gasteiger partial charge in [-0.25, -0.2) is 30.7 Å². The van der Waals surface area contributed by atoms with Crippen LogP contribution in [0.3, 0.4) is 0 Å². The Labute approximate surface area is 200 Å². The van der Waals surface area contributed by atoms with E-state index in [4.69, 9.17) is 0 Å². The zero-order chi connectivity index (χ0) is 25.5. The van der Waals surface area contributed by atoms with Crippen LogP contribution in [0.4, 0.5) is 39.5 Å². The number of hydrogen-bond donors (Lipinski definition) is 0. The number of ether oxygens (including phenoxy) is 1. The van der Waals surface area contributed by atoms with Crippen molar-refractivity contribution >= 4 is 0 Å². The van der Waals surface area contributed by atoms with E-state index in [0.29, 0.717) is 25.7 Å². The second kappa shape index (κ2) is 11.0. The quantitative estimate of drug-likeness (QED) is 0.336. The fourth-order valence-corrected chi connectivity index (χ4v) is 7.17. The number of halogens is 9. The normalized spacial score (nSPS) is 50.1. The van der Waals surface area contributed by atoms with Crippen molar-refractivity contribution in [1.82, 2.24) is 0 Å². The van der Waals surface area contributed by atoms with Gasteiger partial charge in [0.25, 0.3) is 0 Å². The van der Waals surface area contributed by atoms with E-state index in [2.05, 4.69) is 4.74 Å². The first-order valence-corrected chi connectivity index (χ1v) is 13.0. The molecular formula is C25H35F9O. The smallest absolute Gasteiger partial charge is 0.317 e. The summed E-state index contributed by atoms with van der Waals surface area (Å²) in [4.78, 5) is 0. The summed E-state index contributed by atoms with van der Waals surface area (Å²) < 4.78 is 133. The summed E-state index contributed by atoms with van der Waals surface area (Å²) in [6.07, 6.45) is -18.8. The summed E-state index contributed by atoms with van der Waals surface area (Å²) in [7, 11) is 0. The van der Waals surface area contributed by atoms with Gasteiger partial charge in [0.15, 0.2) is 6.17 Å². The first kappa shape index (κ1) is 27.4. The minimum absolute atomic E-state index is 0.0225. The predicted molar refractivity (Wildman–Crippen MR) is 112 cm³/mol. The van der Waals surface area contributed by atoms with Crippen molar-refractivity contribution in [1.29, 1.82) is 0 Å². The number of rotatable bonds is 5. The third-order valence-electron chi connectivity index (χ3n) is 9.00. The van der Waals surface area contributed by atoms with E-state index >= 15 is 4.39 Å². The molecule has 0 aromatic carbocycles. The molecule has 0 amide bonds. The maximum Gasteiger partial charge on any atom is 0.364 e. The molecule has 0 spiro atoms. The molecule has 4 rings (SSSR count). The van der Waals surface area contributed by atoms with E-state index in [1.807, 2.05) is 0 Å². The maximum absolute atomic E-state index is 15.1. The Morgan fingerprint density at radius 3 is 1.69 bits per heavy atom. The lowest BCUT2D eigenvalue weighted by molar-refractivity contribution is -0.323. The van der Waals surface area contributed by atoms with Gasteiger partial charge < -0.3 is 4.74 Å². The molecule has 0 aromatic rings. The van der Waals surface area contributed by atoms with E-state index in [9.17, 15) is 35.1 Å². The second-order valence-electron chi connectivity index (χ2n) is 11.3. The van der Waals surface area contributed by atoms with Crippen molar-refractivity contribution in [3.05, 3.63) is 0 Å². The highest BCUT2D eigenvalue weighted by Crippen LogP contribution is 2.50. The van der Waals surface area contributed by atoms with Crippen LogP contribution in [0, 0.1) is 29.6 Å². The molecule has 4 saturated carbocycles. The zero-order valence-electron chi connectivity index (χ0n) is 19.6. The monoisotopic (exact) mass is 522 g/mol. The van der Waals surface area contributed by atoms with Crippen LogP contribution in [0.5, 0.6) is 0 Å². The van der Waals surface area contributed by atoms with Crippen molar-refractivity contribution in [2.75, 3.05) is 0 Å². The summed E-state index contributed by atoms with van der Waals surface area (Å²) in [5, 5.41) is 0. The van der Waals surface area contributed by atoms with Crippen LogP contribution in [0.2, 0.25) is 0 Å². The fraction of sp³-hybridized carbons (Fsp3) is 1.00. The Morgan fingerprint density at radius 2 is 1.11 bits per heavy atom. The van der Waals surface area contributed by atoms with Gasteiger partial charge in [0, 0.05) is 12.8 Å². The first-order valence-electron chi connectivity index (χ1n) is 13.0. The van der Waals surface area contributed by atoms with Crippen LogP contribution in [0.15, 0.2) is 0 Å². The van der Waals surface area contributed by atoms with Gasteiger partial charge in [-0.15, -0.1) is 0 Å². The molecule has 0 radical (unpaired) electrons. The lowest BCUT2D eigenvalue weighted by Gasteiger charge is -2.45. The maximum atomic E-state index is 15.1. The number of hydrogen-bond acceptors (Lipinski definition) is 1. The summed E-state index contributed by atoms with van der Waals surface area (Å²) >= 11 is 0. The van der Waals surface area contributed by atoms with E-state index in [0.717, 1.165) is 12.8 Å². The Kier molecular flexibility index (Phi) is 8.58. The van der Waals surface area contributed by atoms with Crippen LogP contribution in [0.25, 0.3) is 0 Å². The number of alkyl halides is 9. The predicted octanol–water partition coefficient (Wildman–Crippen LogP) is 7.76. The Bertz CT molecular complexity index is 672. The lowest BCUT2D eigenvalue weighted by Crippen LogP contribution is -2.52. The SMILES string of the molecule is FC1CCCC(C2CCC(C3CC(F)C(C(F)(F)OC4CC(F)C(F)C(F)C4)C(F)C3)C(F)C2)C1. The average Bonchev–Trinajstić information content (AvgIpc) is 2.76. The molecule has 0 bridgehead atoms. The standard InChI is InChI=1S/C25H35F9O/c26-15-3-1-2-12(6-15)13-4-5-17(18(27)7-13)14-8-19(28)23(20(29)9-14)25(33,34)35-16-10-21(30)24(32)22(31)11-16/h12-24H,1-11H2. The highest BCUT2D eigenvalue weighted by molar-refractivity contribution is 4.97. The minimum Gasteiger partial charge on any atom is -0.317 e. The summed E-state index contributed by atoms with van der Waals surface area (Å²) in [6, 6.07) is 0. The van der Waals surface area contributed by atoms with Crippen LogP contribution in [-0.4, -0.2) is 55.4 Å². The molecule has 4 aliphatic carbocycles. The Hall–Kier alpha value is -0.670. The van der Waals surface area contributed by atoms with Gasteiger partial charge in [-0.2, -0.15) is 8.78 Å². The van der Waals surface area contributed by atoms with Gasteiger partial charge in [0.2, 0.25) is 0 Å². The molecule has 4 fully saturated rings. The summed E-state index contributed by atoms with van der Waals surface area (Å²) in [6.45, 7) is 0. The highest BCUT2D eigenvalue weighted by atomic mass is 19.3. The van der Waals surface area contributed by atoms with Gasteiger partial charge in [0.05, 0.1) is 6.10 Å². The summed E-state index contributed by atoms with van der Waals surface area (Å²) in [5.74, 6) is -3.75. The molecule has 1 nitrogen and oxygen atoms in total. The molecule has 35 heavy (non-hydrogen) atoms. The molecule has 9 atom stereocenters. The van der Waals surface area contributed by atoms with E-state index in [1.54, 1.807) is 0 Å². The van der Waals surface area contributed by atoms with E-state index < -0.39 is 98.9 Å². The van der Waals surface area contributed by atoms with Crippen LogP contribution < -0.4 is 0 Å². The summed E-state index contributed by atoms with van der Waals surface area (Å²) in [5.41, 5.74) is 0. The van der Waals surface area contributed by atoms with Gasteiger partial charge >= 0.3 is 6.11 Å². The van der Waals surface area contributed by atoms with Crippen LogP contribution >= 0.6 is 0 Å². The third-order valence-corrected chi connectivity index (χ3v) is 9.00. The molecule has 0 N–H and O–H groups in total. The molecule has 10 heteroatoms. The minimum atomic E-state index is -4.34. The largest absolute Gasteiger partial charge is 0.364 e. The highest BCUT2D eigenvalue weighted by Gasteiger charge is 2.57. The molecule has 0 aromatic heterocycles. The molecule has 0 heterocycles. The van der Waals surface area contributed by atoms with Crippen molar-refractivity contribution in [2.24, 2.45) is 29.6 Å². The first-order chi connectivity index (χ1) is 16.5. The van der Waals surface area contributed by atoms with Crippen molar-refractivity contribution in [2.45, 2.75) is 126 Å². The topological polar surface area (TPSA) is 9.23 Å². The average molecular weight is 523 g/mol. The molecule has 9 unspecified atom stereocenters.